The summed E-state index contributed by atoms with van der Waals surface area (Å²) < 4.78 is 0. The Morgan fingerprint density at radius 3 is 3.14 bits per heavy atom. The lowest BCUT2D eigenvalue weighted by Crippen LogP contribution is -2.03. The van der Waals surface area contributed by atoms with Crippen molar-refractivity contribution in [2.75, 3.05) is 5.32 Å². The van der Waals surface area contributed by atoms with E-state index in [0.29, 0.717) is 6.54 Å². The maximum atomic E-state index is 4.09. The van der Waals surface area contributed by atoms with Crippen LogP contribution in [0, 0.1) is 6.92 Å². The Morgan fingerprint density at radius 1 is 1.50 bits per heavy atom. The van der Waals surface area contributed by atoms with Crippen LogP contribution >= 0.6 is 0 Å². The van der Waals surface area contributed by atoms with Crippen molar-refractivity contribution in [1.29, 1.82) is 0 Å². The van der Waals surface area contributed by atoms with Crippen LogP contribution in [0.3, 0.4) is 0 Å². The van der Waals surface area contributed by atoms with Gasteiger partial charge in [-0.1, -0.05) is 0 Å². The van der Waals surface area contributed by atoms with Crippen molar-refractivity contribution in [3.05, 3.63) is 36.0 Å². The molecule has 0 unspecified atom stereocenters. The molecule has 0 saturated carbocycles. The molecule has 2 rings (SSSR count). The molecule has 0 saturated heterocycles. The Labute approximate surface area is 81.6 Å². The van der Waals surface area contributed by atoms with Crippen molar-refractivity contribution in [3.8, 4) is 0 Å². The Hall–Kier alpha value is -1.91. The van der Waals surface area contributed by atoms with E-state index in [9.17, 15) is 0 Å². The van der Waals surface area contributed by atoms with Gasteiger partial charge < -0.3 is 10.3 Å². The van der Waals surface area contributed by atoms with Gasteiger partial charge in [0.15, 0.2) is 0 Å². The summed E-state index contributed by atoms with van der Waals surface area (Å²) in [5.74, 6) is 1.65. The molecule has 5 heteroatoms. The van der Waals surface area contributed by atoms with Gasteiger partial charge in [0.05, 0.1) is 12.7 Å². The van der Waals surface area contributed by atoms with E-state index in [2.05, 4.69) is 25.5 Å². The largest absolute Gasteiger partial charge is 0.361 e. The molecule has 0 aromatic carbocycles. The summed E-state index contributed by atoms with van der Waals surface area (Å²) in [5, 5.41) is 10.9. The molecule has 72 valence electrons. The first-order valence-electron chi connectivity index (χ1n) is 4.36. The second-order valence-electron chi connectivity index (χ2n) is 3.01. The van der Waals surface area contributed by atoms with E-state index < -0.39 is 0 Å². The van der Waals surface area contributed by atoms with Crippen LogP contribution in [-0.4, -0.2) is 20.2 Å². The summed E-state index contributed by atoms with van der Waals surface area (Å²) >= 11 is 0. The van der Waals surface area contributed by atoms with Crippen molar-refractivity contribution in [3.63, 3.8) is 0 Å². The number of rotatable bonds is 3. The number of aromatic nitrogens is 4. The number of hydrogen-bond acceptors (Lipinski definition) is 4. The summed E-state index contributed by atoms with van der Waals surface area (Å²) in [5.41, 5.74) is 1.09. The number of H-pyrrole nitrogens is 1. The van der Waals surface area contributed by atoms with E-state index in [1.54, 1.807) is 18.6 Å². The van der Waals surface area contributed by atoms with Gasteiger partial charge in [0.2, 0.25) is 0 Å². The lowest BCUT2D eigenvalue weighted by atomic mass is 10.3. The van der Waals surface area contributed by atoms with E-state index in [1.165, 1.54) is 0 Å². The summed E-state index contributed by atoms with van der Waals surface area (Å²) in [6.45, 7) is 2.61. The lowest BCUT2D eigenvalue weighted by molar-refractivity contribution is 0.950. The van der Waals surface area contributed by atoms with E-state index in [0.717, 1.165) is 17.2 Å². The number of aromatic amines is 1. The van der Waals surface area contributed by atoms with Crippen molar-refractivity contribution in [1.82, 2.24) is 20.2 Å². The highest BCUT2D eigenvalue weighted by Crippen LogP contribution is 2.04. The second kappa shape index (κ2) is 3.87. The molecular formula is C9H11N5. The maximum absolute atomic E-state index is 4.09. The fourth-order valence-electron chi connectivity index (χ4n) is 1.12. The quantitative estimate of drug-likeness (QED) is 0.759. The van der Waals surface area contributed by atoms with Gasteiger partial charge in [-0.05, 0) is 18.6 Å². The standard InChI is InChI=1S/C9H11N5/c1-7-4-8(14-13-5-7)12-6-9-10-2-3-11-9/h2-5H,6H2,1H3,(H,10,11)(H,12,14). The summed E-state index contributed by atoms with van der Waals surface area (Å²) in [7, 11) is 0. The number of aryl methyl sites for hydroxylation is 1. The normalized spacial score (nSPS) is 10.1. The van der Waals surface area contributed by atoms with Gasteiger partial charge >= 0.3 is 0 Å². The Morgan fingerprint density at radius 2 is 2.43 bits per heavy atom. The minimum Gasteiger partial charge on any atom is -0.361 e. The van der Waals surface area contributed by atoms with Gasteiger partial charge in [-0.3, -0.25) is 0 Å². The van der Waals surface area contributed by atoms with Gasteiger partial charge in [-0.25, -0.2) is 4.98 Å². The minimum atomic E-state index is 0.630. The fourth-order valence-corrected chi connectivity index (χ4v) is 1.12. The fraction of sp³-hybridized carbons (Fsp3) is 0.222. The highest BCUT2D eigenvalue weighted by Gasteiger charge is 1.96. The van der Waals surface area contributed by atoms with E-state index in [4.69, 9.17) is 0 Å². The molecule has 0 aliphatic rings. The van der Waals surface area contributed by atoms with Crippen molar-refractivity contribution in [2.24, 2.45) is 0 Å². The summed E-state index contributed by atoms with van der Waals surface area (Å²) in [6.07, 6.45) is 5.23. The Bertz CT molecular complexity index is 395. The van der Waals surface area contributed by atoms with Crippen LogP contribution in [0.1, 0.15) is 11.4 Å². The predicted molar refractivity (Wildman–Crippen MR) is 52.7 cm³/mol. The molecule has 14 heavy (non-hydrogen) atoms. The lowest BCUT2D eigenvalue weighted by Gasteiger charge is -2.02. The maximum Gasteiger partial charge on any atom is 0.149 e. The number of anilines is 1. The second-order valence-corrected chi connectivity index (χ2v) is 3.01. The van der Waals surface area contributed by atoms with Crippen LogP contribution in [0.5, 0.6) is 0 Å². The number of imidazole rings is 1. The zero-order valence-electron chi connectivity index (χ0n) is 7.86. The molecule has 0 bridgehead atoms. The third-order valence-electron chi connectivity index (χ3n) is 1.78. The average molecular weight is 189 g/mol. The van der Waals surface area contributed by atoms with Crippen LogP contribution in [-0.2, 0) is 6.54 Å². The summed E-state index contributed by atoms with van der Waals surface area (Å²) in [4.78, 5) is 7.09. The van der Waals surface area contributed by atoms with Crippen LogP contribution in [0.2, 0.25) is 0 Å². The molecule has 0 aliphatic heterocycles. The van der Waals surface area contributed by atoms with Crippen LogP contribution < -0.4 is 5.32 Å². The van der Waals surface area contributed by atoms with Crippen LogP contribution in [0.15, 0.2) is 24.7 Å². The van der Waals surface area contributed by atoms with E-state index in [1.807, 2.05) is 13.0 Å². The first kappa shape index (κ1) is 8.68. The first-order chi connectivity index (χ1) is 6.84. The van der Waals surface area contributed by atoms with Gasteiger partial charge in [-0.2, -0.15) is 5.10 Å². The zero-order valence-corrected chi connectivity index (χ0v) is 7.86. The first-order valence-corrected chi connectivity index (χ1v) is 4.36. The molecule has 0 amide bonds. The monoisotopic (exact) mass is 189 g/mol. The topological polar surface area (TPSA) is 66.5 Å². The van der Waals surface area contributed by atoms with E-state index >= 15 is 0 Å². The van der Waals surface area contributed by atoms with Crippen LogP contribution in [0.4, 0.5) is 5.82 Å². The molecule has 2 aromatic heterocycles. The number of nitrogens with one attached hydrogen (secondary N) is 2. The number of hydrogen-bond donors (Lipinski definition) is 2. The van der Waals surface area contributed by atoms with Gasteiger partial charge in [0.1, 0.15) is 11.6 Å². The molecule has 2 N–H and O–H groups in total. The van der Waals surface area contributed by atoms with Crippen LogP contribution in [0.25, 0.3) is 0 Å². The van der Waals surface area contributed by atoms with Crippen molar-refractivity contribution in [2.45, 2.75) is 13.5 Å². The molecule has 0 aliphatic carbocycles. The average Bonchev–Trinajstić information content (AvgIpc) is 2.67. The highest BCUT2D eigenvalue weighted by atomic mass is 15.2. The molecular weight excluding hydrogens is 178 g/mol. The van der Waals surface area contributed by atoms with Gasteiger partial charge in [-0.15, -0.1) is 5.10 Å². The Kier molecular flexibility index (Phi) is 2.40. The molecule has 0 atom stereocenters. The molecule has 0 fully saturated rings. The zero-order chi connectivity index (χ0) is 9.80. The summed E-state index contributed by atoms with van der Waals surface area (Å²) in [6, 6.07) is 1.94. The molecule has 2 heterocycles. The third-order valence-corrected chi connectivity index (χ3v) is 1.78. The minimum absolute atomic E-state index is 0.630. The molecule has 0 radical (unpaired) electrons. The molecule has 2 aromatic rings. The van der Waals surface area contributed by atoms with Crippen molar-refractivity contribution >= 4 is 5.82 Å². The third kappa shape index (κ3) is 2.07. The molecule has 5 nitrogen and oxygen atoms in total. The predicted octanol–water partition coefficient (Wildman–Crippen LogP) is 1.12. The Balaban J connectivity index is 1.98. The SMILES string of the molecule is Cc1cnnc(NCc2ncc[nH]2)c1. The number of nitrogens with zero attached hydrogens (tertiary/aromatic N) is 3. The smallest absolute Gasteiger partial charge is 0.149 e. The van der Waals surface area contributed by atoms with Gasteiger partial charge in [0, 0.05) is 12.4 Å². The van der Waals surface area contributed by atoms with Gasteiger partial charge in [0.25, 0.3) is 0 Å². The van der Waals surface area contributed by atoms with E-state index in [-0.39, 0.29) is 0 Å². The van der Waals surface area contributed by atoms with Crippen molar-refractivity contribution < 1.29 is 0 Å². The highest BCUT2D eigenvalue weighted by molar-refractivity contribution is 5.34. The molecule has 0 spiro atoms.